The smallest absolute Gasteiger partial charge is 0.0576 e. The summed E-state index contributed by atoms with van der Waals surface area (Å²) in [5.41, 5.74) is 6.39. The number of nitrogens with zero attached hydrogens (tertiary/aromatic N) is 2. The van der Waals surface area contributed by atoms with Crippen LogP contribution >= 0.6 is 24.0 Å². The highest BCUT2D eigenvalue weighted by molar-refractivity contribution is 6.31. The minimum Gasteiger partial charge on any atom is -0.303 e. The van der Waals surface area contributed by atoms with E-state index in [1.807, 2.05) is 25.1 Å². The minimum atomic E-state index is 0. The van der Waals surface area contributed by atoms with Gasteiger partial charge in [0.05, 0.1) is 5.69 Å². The minimum absolute atomic E-state index is 0. The fraction of sp³-hybridized carbons (Fsp3) is 0.500. The van der Waals surface area contributed by atoms with E-state index in [2.05, 4.69) is 22.4 Å². The molecule has 0 bridgehead atoms. The van der Waals surface area contributed by atoms with Crippen LogP contribution in [0.1, 0.15) is 25.3 Å². The Hall–Kier alpha value is -0.770. The van der Waals surface area contributed by atoms with E-state index in [9.17, 15) is 0 Å². The zero-order chi connectivity index (χ0) is 13.0. The van der Waals surface area contributed by atoms with Gasteiger partial charge in [-0.3, -0.25) is 5.43 Å². The van der Waals surface area contributed by atoms with Crippen molar-refractivity contribution in [3.8, 4) is 0 Å². The molecule has 0 aromatic heterocycles. The van der Waals surface area contributed by atoms with E-state index < -0.39 is 0 Å². The highest BCUT2D eigenvalue weighted by atomic mass is 35.5. The molecule has 0 saturated carbocycles. The van der Waals surface area contributed by atoms with Gasteiger partial charge in [0.1, 0.15) is 0 Å². The normalized spacial score (nSPS) is 15.8. The quantitative estimate of drug-likeness (QED) is 0.856. The van der Waals surface area contributed by atoms with E-state index in [4.69, 9.17) is 11.6 Å². The molecule has 1 fully saturated rings. The van der Waals surface area contributed by atoms with Crippen LogP contribution < -0.4 is 5.43 Å². The Kier molecular flexibility index (Phi) is 6.63. The van der Waals surface area contributed by atoms with Crippen LogP contribution in [-0.2, 0) is 0 Å². The highest BCUT2D eigenvalue weighted by Crippen LogP contribution is 2.20. The molecule has 1 aromatic rings. The number of rotatable bonds is 3. The Bertz CT molecular complexity index is 436. The first-order chi connectivity index (χ1) is 8.69. The molecule has 19 heavy (non-hydrogen) atoms. The summed E-state index contributed by atoms with van der Waals surface area (Å²) in [6.45, 7) is 7.57. The SMILES string of the molecule is CCN1CCC(=NNc2ccc(C)c(Cl)c2)CC1.Cl. The Balaban J connectivity index is 0.00000180. The van der Waals surface area contributed by atoms with Crippen molar-refractivity contribution in [2.45, 2.75) is 26.7 Å². The van der Waals surface area contributed by atoms with Gasteiger partial charge in [0, 0.05) is 36.7 Å². The summed E-state index contributed by atoms with van der Waals surface area (Å²) in [5.74, 6) is 0. The first-order valence-electron chi connectivity index (χ1n) is 6.49. The second kappa shape index (κ2) is 7.73. The molecule has 0 spiro atoms. The number of piperidine rings is 1. The molecule has 0 amide bonds. The molecule has 1 aromatic carbocycles. The summed E-state index contributed by atoms with van der Waals surface area (Å²) in [5, 5.41) is 5.25. The number of nitrogens with one attached hydrogen (secondary N) is 1. The van der Waals surface area contributed by atoms with Gasteiger partial charge in [0.25, 0.3) is 0 Å². The molecule has 0 radical (unpaired) electrons. The molecule has 5 heteroatoms. The average molecular weight is 302 g/mol. The molecule has 1 N–H and O–H groups in total. The Morgan fingerprint density at radius 2 is 2.00 bits per heavy atom. The fourth-order valence-corrected chi connectivity index (χ4v) is 2.23. The van der Waals surface area contributed by atoms with E-state index in [0.717, 1.165) is 48.7 Å². The highest BCUT2D eigenvalue weighted by Gasteiger charge is 2.12. The number of aryl methyl sites for hydroxylation is 1. The van der Waals surface area contributed by atoms with Crippen molar-refractivity contribution in [2.24, 2.45) is 5.10 Å². The van der Waals surface area contributed by atoms with E-state index in [0.29, 0.717) is 0 Å². The van der Waals surface area contributed by atoms with E-state index >= 15 is 0 Å². The molecule has 1 saturated heterocycles. The molecule has 1 heterocycles. The maximum Gasteiger partial charge on any atom is 0.0576 e. The van der Waals surface area contributed by atoms with Crippen LogP contribution in [0.3, 0.4) is 0 Å². The molecular formula is C14H21Cl2N3. The number of halogens is 2. The monoisotopic (exact) mass is 301 g/mol. The van der Waals surface area contributed by atoms with Gasteiger partial charge in [0.15, 0.2) is 0 Å². The van der Waals surface area contributed by atoms with Gasteiger partial charge >= 0.3 is 0 Å². The Morgan fingerprint density at radius 1 is 1.32 bits per heavy atom. The summed E-state index contributed by atoms with van der Waals surface area (Å²) >= 11 is 6.08. The van der Waals surface area contributed by atoms with E-state index in [-0.39, 0.29) is 12.4 Å². The lowest BCUT2D eigenvalue weighted by Gasteiger charge is -2.25. The zero-order valence-corrected chi connectivity index (χ0v) is 13.0. The second-order valence-corrected chi connectivity index (χ2v) is 5.10. The number of anilines is 1. The lowest BCUT2D eigenvalue weighted by atomic mass is 10.1. The summed E-state index contributed by atoms with van der Waals surface area (Å²) in [7, 11) is 0. The standard InChI is InChI=1S/C14H20ClN3.ClH/c1-3-18-8-6-12(7-9-18)16-17-13-5-4-11(2)14(15)10-13;/h4-5,10,17H,3,6-9H2,1-2H3;1H. The lowest BCUT2D eigenvalue weighted by molar-refractivity contribution is 0.289. The molecular weight excluding hydrogens is 281 g/mol. The second-order valence-electron chi connectivity index (χ2n) is 4.69. The summed E-state index contributed by atoms with van der Waals surface area (Å²) in [6, 6.07) is 5.93. The van der Waals surface area contributed by atoms with Gasteiger partial charge in [0.2, 0.25) is 0 Å². The van der Waals surface area contributed by atoms with Crippen molar-refractivity contribution in [1.82, 2.24) is 4.90 Å². The topological polar surface area (TPSA) is 27.6 Å². The van der Waals surface area contributed by atoms with Crippen molar-refractivity contribution >= 4 is 35.4 Å². The summed E-state index contributed by atoms with van der Waals surface area (Å²) in [4.78, 5) is 2.45. The molecule has 0 unspecified atom stereocenters. The first kappa shape index (κ1) is 16.3. The molecule has 0 atom stereocenters. The van der Waals surface area contributed by atoms with Crippen molar-refractivity contribution in [1.29, 1.82) is 0 Å². The van der Waals surface area contributed by atoms with E-state index in [1.165, 1.54) is 5.71 Å². The van der Waals surface area contributed by atoms with Crippen LogP contribution in [0, 0.1) is 6.92 Å². The van der Waals surface area contributed by atoms with Crippen LogP contribution in [0.5, 0.6) is 0 Å². The maximum atomic E-state index is 6.08. The predicted octanol–water partition coefficient (Wildman–Crippen LogP) is 3.95. The molecule has 0 aliphatic carbocycles. The fourth-order valence-electron chi connectivity index (χ4n) is 2.05. The molecule has 2 rings (SSSR count). The zero-order valence-electron chi connectivity index (χ0n) is 11.4. The number of hydrogen-bond donors (Lipinski definition) is 1. The predicted molar refractivity (Wildman–Crippen MR) is 85.8 cm³/mol. The third-order valence-electron chi connectivity index (χ3n) is 3.40. The third-order valence-corrected chi connectivity index (χ3v) is 3.80. The number of hydrazone groups is 1. The van der Waals surface area contributed by atoms with Gasteiger partial charge in [-0.05, 0) is 31.2 Å². The largest absolute Gasteiger partial charge is 0.303 e. The van der Waals surface area contributed by atoms with Crippen molar-refractivity contribution in [3.63, 3.8) is 0 Å². The Labute approximate surface area is 126 Å². The van der Waals surface area contributed by atoms with Crippen LogP contribution in [0.15, 0.2) is 23.3 Å². The van der Waals surface area contributed by atoms with Crippen LogP contribution in [0.2, 0.25) is 5.02 Å². The van der Waals surface area contributed by atoms with Gasteiger partial charge in [-0.2, -0.15) is 5.10 Å². The molecule has 1 aliphatic heterocycles. The van der Waals surface area contributed by atoms with Crippen molar-refractivity contribution < 1.29 is 0 Å². The van der Waals surface area contributed by atoms with Gasteiger partial charge in [-0.25, -0.2) is 0 Å². The number of hydrogen-bond acceptors (Lipinski definition) is 3. The molecule has 106 valence electrons. The van der Waals surface area contributed by atoms with Gasteiger partial charge in [-0.15, -0.1) is 12.4 Å². The van der Waals surface area contributed by atoms with Crippen molar-refractivity contribution in [2.75, 3.05) is 25.1 Å². The van der Waals surface area contributed by atoms with Gasteiger partial charge in [-0.1, -0.05) is 24.6 Å². The van der Waals surface area contributed by atoms with Crippen LogP contribution in [0.4, 0.5) is 5.69 Å². The lowest BCUT2D eigenvalue weighted by Crippen LogP contribution is -2.33. The van der Waals surface area contributed by atoms with Crippen LogP contribution in [0.25, 0.3) is 0 Å². The molecule has 1 aliphatic rings. The van der Waals surface area contributed by atoms with Crippen LogP contribution in [-0.4, -0.2) is 30.2 Å². The third kappa shape index (κ3) is 4.68. The maximum absolute atomic E-state index is 6.08. The summed E-state index contributed by atoms with van der Waals surface area (Å²) < 4.78 is 0. The average Bonchev–Trinajstić information content (AvgIpc) is 2.41. The van der Waals surface area contributed by atoms with Gasteiger partial charge < -0.3 is 4.90 Å². The first-order valence-corrected chi connectivity index (χ1v) is 6.87. The Morgan fingerprint density at radius 3 is 2.58 bits per heavy atom. The number of likely N-dealkylation sites (tertiary alicyclic amines) is 1. The van der Waals surface area contributed by atoms with E-state index in [1.54, 1.807) is 0 Å². The number of benzene rings is 1. The molecule has 3 nitrogen and oxygen atoms in total. The summed E-state index contributed by atoms with van der Waals surface area (Å²) in [6.07, 6.45) is 2.11. The van der Waals surface area contributed by atoms with Crippen molar-refractivity contribution in [3.05, 3.63) is 28.8 Å².